The maximum absolute atomic E-state index is 12.7. The average Bonchev–Trinajstić information content (AvgIpc) is 2.77. The molecule has 0 spiro atoms. The molecule has 0 atom stereocenters. The minimum atomic E-state index is -0.0622. The van der Waals surface area contributed by atoms with E-state index >= 15 is 0 Å². The lowest BCUT2D eigenvalue weighted by atomic mass is 10.1. The van der Waals surface area contributed by atoms with E-state index in [1.165, 1.54) is 11.1 Å². The molecule has 1 fully saturated rings. The first-order valence-electron chi connectivity index (χ1n) is 10.5. The highest BCUT2D eigenvalue weighted by Crippen LogP contribution is 2.14. The lowest BCUT2D eigenvalue weighted by Gasteiger charge is -2.35. The number of hydrogen-bond acceptors (Lipinski definition) is 4. The van der Waals surface area contributed by atoms with Crippen molar-refractivity contribution >= 4 is 16.8 Å². The van der Waals surface area contributed by atoms with Crippen molar-refractivity contribution in [2.75, 3.05) is 26.2 Å². The number of amides is 1. The number of para-hydroxylation sites is 1. The Labute approximate surface area is 176 Å². The van der Waals surface area contributed by atoms with Gasteiger partial charge in [-0.1, -0.05) is 36.4 Å². The molecular weight excluding hydrogens is 376 g/mol. The second-order valence-corrected chi connectivity index (χ2v) is 7.99. The van der Waals surface area contributed by atoms with Crippen molar-refractivity contribution in [3.63, 3.8) is 0 Å². The van der Waals surface area contributed by atoms with Gasteiger partial charge < -0.3 is 4.90 Å². The van der Waals surface area contributed by atoms with Crippen LogP contribution in [0.3, 0.4) is 0 Å². The molecule has 0 radical (unpaired) electrons. The molecule has 1 saturated heterocycles. The minimum Gasteiger partial charge on any atom is -0.340 e. The van der Waals surface area contributed by atoms with E-state index < -0.39 is 0 Å². The molecule has 0 saturated carbocycles. The fourth-order valence-corrected chi connectivity index (χ4v) is 4.05. The van der Waals surface area contributed by atoms with Gasteiger partial charge in [-0.2, -0.15) is 0 Å². The number of carbonyl (C=O) groups excluding carboxylic acids is 1. The van der Waals surface area contributed by atoms with Crippen molar-refractivity contribution in [2.24, 2.45) is 7.05 Å². The van der Waals surface area contributed by atoms with Gasteiger partial charge in [0.1, 0.15) is 5.82 Å². The highest BCUT2D eigenvalue weighted by molar-refractivity contribution is 5.78. The van der Waals surface area contributed by atoms with Gasteiger partial charge in [0.15, 0.2) is 0 Å². The molecule has 6 heteroatoms. The molecule has 0 aliphatic carbocycles. The van der Waals surface area contributed by atoms with Crippen molar-refractivity contribution in [3.05, 3.63) is 75.8 Å². The third-order valence-electron chi connectivity index (χ3n) is 6.02. The Morgan fingerprint density at radius 1 is 1.00 bits per heavy atom. The van der Waals surface area contributed by atoms with E-state index in [9.17, 15) is 9.59 Å². The van der Waals surface area contributed by atoms with Gasteiger partial charge in [0, 0.05) is 52.6 Å². The molecule has 6 nitrogen and oxygen atoms in total. The number of benzene rings is 2. The predicted molar refractivity (Wildman–Crippen MR) is 118 cm³/mol. The fourth-order valence-electron chi connectivity index (χ4n) is 4.05. The molecule has 1 aliphatic rings. The number of piperazine rings is 1. The molecule has 0 N–H and O–H groups in total. The van der Waals surface area contributed by atoms with Crippen LogP contribution in [-0.2, 0) is 24.8 Å². The second-order valence-electron chi connectivity index (χ2n) is 7.99. The van der Waals surface area contributed by atoms with Crippen LogP contribution < -0.4 is 5.56 Å². The van der Waals surface area contributed by atoms with Crippen LogP contribution in [0.5, 0.6) is 0 Å². The zero-order valence-corrected chi connectivity index (χ0v) is 17.7. The van der Waals surface area contributed by atoms with Crippen molar-refractivity contribution in [1.82, 2.24) is 19.4 Å². The molecule has 156 valence electrons. The Morgan fingerprint density at radius 3 is 2.47 bits per heavy atom. The summed E-state index contributed by atoms with van der Waals surface area (Å²) in [7, 11) is 1.73. The molecule has 2 heterocycles. The summed E-state index contributed by atoms with van der Waals surface area (Å²) < 4.78 is 1.57. The average molecular weight is 405 g/mol. The van der Waals surface area contributed by atoms with Gasteiger partial charge in [-0.05, 0) is 30.2 Å². The van der Waals surface area contributed by atoms with Crippen LogP contribution in [0.25, 0.3) is 10.9 Å². The van der Waals surface area contributed by atoms with Gasteiger partial charge in [-0.3, -0.25) is 19.1 Å². The van der Waals surface area contributed by atoms with Crippen LogP contribution in [0.15, 0.2) is 53.3 Å². The minimum absolute atomic E-state index is 0.0622. The molecular formula is C24H28N4O2. The molecule has 1 aromatic heterocycles. The quantitative estimate of drug-likeness (QED) is 0.656. The number of aryl methyl sites for hydroxylation is 2. The Balaban J connectivity index is 1.33. The summed E-state index contributed by atoms with van der Waals surface area (Å²) in [5.74, 6) is 0.790. The van der Waals surface area contributed by atoms with Crippen LogP contribution in [0.2, 0.25) is 0 Å². The zero-order valence-electron chi connectivity index (χ0n) is 17.7. The fraction of sp³-hybridized carbons (Fsp3) is 0.375. The third-order valence-corrected chi connectivity index (χ3v) is 6.02. The first kappa shape index (κ1) is 20.3. The Morgan fingerprint density at radius 2 is 1.70 bits per heavy atom. The van der Waals surface area contributed by atoms with Crippen molar-refractivity contribution in [2.45, 2.75) is 26.3 Å². The number of nitrogens with zero attached hydrogens (tertiary/aromatic N) is 4. The standard InChI is InChI=1S/C24H28N4O2/c1-18-7-3-4-8-19(18)17-27-13-15-28(16-14-27)23(29)12-11-22-25-21-10-6-5-9-20(21)24(30)26(22)2/h3-10H,11-17H2,1-2H3. The lowest BCUT2D eigenvalue weighted by Crippen LogP contribution is -2.48. The van der Waals surface area contributed by atoms with Crippen LogP contribution in [0.1, 0.15) is 23.4 Å². The first-order chi connectivity index (χ1) is 14.5. The summed E-state index contributed by atoms with van der Waals surface area (Å²) in [6.07, 6.45) is 0.843. The number of carbonyl (C=O) groups is 1. The maximum Gasteiger partial charge on any atom is 0.261 e. The number of fused-ring (bicyclic) bond motifs is 1. The predicted octanol–water partition coefficient (Wildman–Crippen LogP) is 2.52. The number of hydrogen-bond donors (Lipinski definition) is 0. The van der Waals surface area contributed by atoms with Crippen LogP contribution >= 0.6 is 0 Å². The van der Waals surface area contributed by atoms with Gasteiger partial charge in [0.2, 0.25) is 5.91 Å². The monoisotopic (exact) mass is 404 g/mol. The molecule has 1 amide bonds. The van der Waals surface area contributed by atoms with Gasteiger partial charge >= 0.3 is 0 Å². The Bertz CT molecular complexity index is 1110. The molecule has 2 aromatic carbocycles. The van der Waals surface area contributed by atoms with Gasteiger partial charge in [-0.15, -0.1) is 0 Å². The van der Waals surface area contributed by atoms with E-state index in [4.69, 9.17) is 0 Å². The highest BCUT2D eigenvalue weighted by Gasteiger charge is 2.21. The topological polar surface area (TPSA) is 58.4 Å². The lowest BCUT2D eigenvalue weighted by molar-refractivity contribution is -0.133. The molecule has 1 aliphatic heterocycles. The van der Waals surface area contributed by atoms with Crippen molar-refractivity contribution < 1.29 is 4.79 Å². The molecule has 3 aromatic rings. The summed E-state index contributed by atoms with van der Waals surface area (Å²) in [6.45, 7) is 6.32. The van der Waals surface area contributed by atoms with Crippen LogP contribution in [0, 0.1) is 6.92 Å². The van der Waals surface area contributed by atoms with Crippen LogP contribution in [0.4, 0.5) is 0 Å². The van der Waals surface area contributed by atoms with E-state index in [1.54, 1.807) is 17.7 Å². The number of aromatic nitrogens is 2. The second kappa shape index (κ2) is 8.79. The molecule has 0 unspecified atom stereocenters. The van der Waals surface area contributed by atoms with E-state index in [0.717, 1.165) is 32.7 Å². The van der Waals surface area contributed by atoms with Gasteiger partial charge in [-0.25, -0.2) is 4.98 Å². The normalized spacial score (nSPS) is 14.9. The van der Waals surface area contributed by atoms with Crippen molar-refractivity contribution in [1.29, 1.82) is 0 Å². The molecule has 4 rings (SSSR count). The summed E-state index contributed by atoms with van der Waals surface area (Å²) in [5.41, 5.74) is 3.28. The third kappa shape index (κ3) is 4.28. The highest BCUT2D eigenvalue weighted by atomic mass is 16.2. The SMILES string of the molecule is Cc1ccccc1CN1CCN(C(=O)CCc2nc3ccccc3c(=O)n2C)CC1. The Hall–Kier alpha value is -2.99. The summed E-state index contributed by atoms with van der Waals surface area (Å²) in [4.78, 5) is 34.2. The number of rotatable bonds is 5. The van der Waals surface area contributed by atoms with Gasteiger partial charge in [0.25, 0.3) is 5.56 Å². The molecule has 0 bridgehead atoms. The van der Waals surface area contributed by atoms with Gasteiger partial charge in [0.05, 0.1) is 10.9 Å². The van der Waals surface area contributed by atoms with E-state index in [0.29, 0.717) is 29.6 Å². The largest absolute Gasteiger partial charge is 0.340 e. The Kier molecular flexibility index (Phi) is 5.95. The maximum atomic E-state index is 12.7. The summed E-state index contributed by atoms with van der Waals surface area (Å²) in [5, 5.41) is 0.611. The van der Waals surface area contributed by atoms with E-state index in [1.807, 2.05) is 23.1 Å². The first-order valence-corrected chi connectivity index (χ1v) is 10.5. The van der Waals surface area contributed by atoms with Crippen LogP contribution in [-0.4, -0.2) is 51.4 Å². The van der Waals surface area contributed by atoms with Crippen molar-refractivity contribution in [3.8, 4) is 0 Å². The van der Waals surface area contributed by atoms with E-state index in [2.05, 4.69) is 41.1 Å². The molecule has 30 heavy (non-hydrogen) atoms. The summed E-state index contributed by atoms with van der Waals surface area (Å²) in [6, 6.07) is 15.8. The summed E-state index contributed by atoms with van der Waals surface area (Å²) >= 11 is 0. The van der Waals surface area contributed by atoms with E-state index in [-0.39, 0.29) is 11.5 Å². The smallest absolute Gasteiger partial charge is 0.261 e. The zero-order chi connectivity index (χ0) is 21.1.